The molecule has 1 amide bonds. The van der Waals surface area contributed by atoms with Crippen LogP contribution in [0.1, 0.15) is 17.9 Å². The molecule has 7 heteroatoms. The Morgan fingerprint density at radius 2 is 2.12 bits per heavy atom. The summed E-state index contributed by atoms with van der Waals surface area (Å²) in [7, 11) is 1.65. The summed E-state index contributed by atoms with van der Waals surface area (Å²) >= 11 is 3.13. The minimum atomic E-state index is -0.0930. The van der Waals surface area contributed by atoms with E-state index in [4.69, 9.17) is 9.47 Å². The van der Waals surface area contributed by atoms with E-state index in [2.05, 4.69) is 4.98 Å². The Morgan fingerprint density at radius 3 is 2.92 bits per heavy atom. The van der Waals surface area contributed by atoms with Gasteiger partial charge >= 0.3 is 0 Å². The van der Waals surface area contributed by atoms with Crippen LogP contribution >= 0.6 is 23.1 Å². The molecule has 1 aromatic heterocycles. The number of carbonyl (C=O) groups excluding carboxylic acids is 1. The van der Waals surface area contributed by atoms with Gasteiger partial charge in [0.25, 0.3) is 0 Å². The van der Waals surface area contributed by atoms with Gasteiger partial charge in [-0.15, -0.1) is 11.8 Å². The molecule has 26 heavy (non-hydrogen) atoms. The predicted molar refractivity (Wildman–Crippen MR) is 106 cm³/mol. The Bertz CT molecular complexity index is 957. The van der Waals surface area contributed by atoms with Crippen LogP contribution < -0.4 is 14.4 Å². The number of thiazole rings is 1. The van der Waals surface area contributed by atoms with E-state index in [0.29, 0.717) is 12.4 Å². The molecule has 1 aliphatic rings. The molecule has 0 aliphatic carbocycles. The third-order valence-corrected chi connectivity index (χ3v) is 6.34. The molecular formula is C19H18N2O3S2. The maximum Gasteiger partial charge on any atom is 0.240 e. The number of rotatable bonds is 5. The third kappa shape index (κ3) is 3.12. The van der Waals surface area contributed by atoms with Gasteiger partial charge in [-0.3, -0.25) is 9.69 Å². The number of carbonyl (C=O) groups is 1. The zero-order valence-corrected chi connectivity index (χ0v) is 16.1. The lowest BCUT2D eigenvalue weighted by Crippen LogP contribution is -2.27. The smallest absolute Gasteiger partial charge is 0.240 e. The average Bonchev–Trinajstić information content (AvgIpc) is 3.24. The van der Waals surface area contributed by atoms with Crippen LogP contribution in [0.4, 0.5) is 5.13 Å². The Morgan fingerprint density at radius 1 is 1.23 bits per heavy atom. The van der Waals surface area contributed by atoms with Crippen molar-refractivity contribution in [2.75, 3.05) is 24.4 Å². The van der Waals surface area contributed by atoms with Crippen LogP contribution in [-0.4, -0.2) is 30.4 Å². The van der Waals surface area contributed by atoms with Gasteiger partial charge in [0.2, 0.25) is 5.91 Å². The zero-order valence-electron chi connectivity index (χ0n) is 14.5. The van der Waals surface area contributed by atoms with Crippen molar-refractivity contribution in [3.8, 4) is 11.5 Å². The minimum absolute atomic E-state index is 0.0758. The summed E-state index contributed by atoms with van der Waals surface area (Å²) in [5.41, 5.74) is 1.91. The number of nitrogens with zero attached hydrogens (tertiary/aromatic N) is 2. The lowest BCUT2D eigenvalue weighted by Gasteiger charge is -2.21. The van der Waals surface area contributed by atoms with Gasteiger partial charge in [-0.2, -0.15) is 0 Å². The monoisotopic (exact) mass is 386 g/mol. The highest BCUT2D eigenvalue weighted by Gasteiger charge is 2.36. The lowest BCUT2D eigenvalue weighted by atomic mass is 10.2. The van der Waals surface area contributed by atoms with Gasteiger partial charge < -0.3 is 9.47 Å². The maximum atomic E-state index is 12.6. The molecule has 0 spiro atoms. The molecule has 1 aliphatic heterocycles. The molecule has 1 atom stereocenters. The number of fused-ring (bicyclic) bond motifs is 1. The van der Waals surface area contributed by atoms with E-state index in [1.165, 1.54) is 11.3 Å². The summed E-state index contributed by atoms with van der Waals surface area (Å²) in [5.74, 6) is 2.13. The molecular weight excluding hydrogens is 368 g/mol. The largest absolute Gasteiger partial charge is 0.497 e. The Hall–Kier alpha value is -2.25. The summed E-state index contributed by atoms with van der Waals surface area (Å²) in [6, 6.07) is 13.7. The summed E-state index contributed by atoms with van der Waals surface area (Å²) in [6.45, 7) is 2.58. The second-order valence-corrected chi connectivity index (χ2v) is 7.84. The number of ether oxygens (including phenoxy) is 2. The standard InChI is InChI=1S/C19H18N2O3S2/c1-3-24-14-7-8-15-16(10-14)26-19(20-15)21-17(22)11-25-18(21)12-5-4-6-13(9-12)23-2/h4-10,18H,3,11H2,1-2H3/t18-/m0/s1. The fraction of sp³-hybridized carbons (Fsp3) is 0.263. The number of benzene rings is 2. The van der Waals surface area contributed by atoms with Crippen LogP contribution in [0.25, 0.3) is 10.2 Å². The van der Waals surface area contributed by atoms with Crippen LogP contribution in [-0.2, 0) is 4.79 Å². The van der Waals surface area contributed by atoms with Gasteiger partial charge in [-0.1, -0.05) is 23.5 Å². The normalized spacial score (nSPS) is 17.1. The van der Waals surface area contributed by atoms with E-state index in [1.54, 1.807) is 23.8 Å². The SMILES string of the molecule is CCOc1ccc2nc(N3C(=O)CS[C@H]3c3cccc(OC)c3)sc2c1. The van der Waals surface area contributed by atoms with E-state index in [-0.39, 0.29) is 11.3 Å². The second-order valence-electron chi connectivity index (χ2n) is 5.76. The topological polar surface area (TPSA) is 51.7 Å². The van der Waals surface area contributed by atoms with Gasteiger partial charge in [-0.05, 0) is 42.8 Å². The predicted octanol–water partition coefficient (Wildman–Crippen LogP) is 4.48. The quantitative estimate of drug-likeness (QED) is 0.647. The molecule has 1 saturated heterocycles. The van der Waals surface area contributed by atoms with Gasteiger partial charge in [0.15, 0.2) is 5.13 Å². The first-order valence-corrected chi connectivity index (χ1v) is 10.2. The number of amides is 1. The van der Waals surface area contributed by atoms with Gasteiger partial charge in [-0.25, -0.2) is 4.98 Å². The number of aromatic nitrogens is 1. The summed E-state index contributed by atoms with van der Waals surface area (Å²) < 4.78 is 11.9. The van der Waals surface area contributed by atoms with Crippen LogP contribution in [0.5, 0.6) is 11.5 Å². The van der Waals surface area contributed by atoms with Gasteiger partial charge in [0.05, 0.1) is 29.7 Å². The van der Waals surface area contributed by atoms with Crippen molar-refractivity contribution >= 4 is 44.4 Å². The molecule has 134 valence electrons. The van der Waals surface area contributed by atoms with E-state index in [0.717, 1.165) is 32.4 Å². The highest BCUT2D eigenvalue weighted by Crippen LogP contribution is 2.44. The fourth-order valence-corrected chi connectivity index (χ4v) is 5.18. The van der Waals surface area contributed by atoms with Crippen molar-refractivity contribution in [1.82, 2.24) is 4.98 Å². The van der Waals surface area contributed by atoms with Crippen molar-refractivity contribution in [1.29, 1.82) is 0 Å². The Balaban J connectivity index is 1.71. The first-order valence-electron chi connectivity index (χ1n) is 8.30. The molecule has 0 saturated carbocycles. The number of thioether (sulfide) groups is 1. The van der Waals surface area contributed by atoms with Gasteiger partial charge in [0, 0.05) is 0 Å². The van der Waals surface area contributed by atoms with Crippen molar-refractivity contribution in [3.63, 3.8) is 0 Å². The molecule has 2 aromatic carbocycles. The van der Waals surface area contributed by atoms with Crippen molar-refractivity contribution < 1.29 is 14.3 Å². The van der Waals surface area contributed by atoms with E-state index in [1.807, 2.05) is 49.4 Å². The number of methoxy groups -OCH3 is 1. The molecule has 1 fully saturated rings. The Labute approximate surface area is 159 Å². The maximum absolute atomic E-state index is 12.6. The molecule has 0 N–H and O–H groups in total. The fourth-order valence-electron chi connectivity index (χ4n) is 2.92. The molecule has 4 rings (SSSR count). The van der Waals surface area contributed by atoms with Crippen molar-refractivity contribution in [2.24, 2.45) is 0 Å². The van der Waals surface area contributed by atoms with E-state index < -0.39 is 0 Å². The molecule has 5 nitrogen and oxygen atoms in total. The third-order valence-electron chi connectivity index (χ3n) is 4.11. The first kappa shape index (κ1) is 17.2. The molecule has 2 heterocycles. The number of hydrogen-bond acceptors (Lipinski definition) is 6. The van der Waals surface area contributed by atoms with Crippen LogP contribution in [0.15, 0.2) is 42.5 Å². The minimum Gasteiger partial charge on any atom is -0.497 e. The highest BCUT2D eigenvalue weighted by atomic mass is 32.2. The lowest BCUT2D eigenvalue weighted by molar-refractivity contribution is -0.115. The van der Waals surface area contributed by atoms with Crippen molar-refractivity contribution in [3.05, 3.63) is 48.0 Å². The molecule has 0 unspecified atom stereocenters. The Kier molecular flexibility index (Phi) is 4.74. The molecule has 3 aromatic rings. The summed E-state index contributed by atoms with van der Waals surface area (Å²) in [5, 5.41) is 0.626. The van der Waals surface area contributed by atoms with E-state index in [9.17, 15) is 4.79 Å². The molecule has 0 bridgehead atoms. The van der Waals surface area contributed by atoms with Crippen LogP contribution in [0, 0.1) is 0 Å². The van der Waals surface area contributed by atoms with E-state index >= 15 is 0 Å². The van der Waals surface area contributed by atoms with Crippen molar-refractivity contribution in [2.45, 2.75) is 12.3 Å². The molecule has 0 radical (unpaired) electrons. The van der Waals surface area contributed by atoms with Crippen LogP contribution in [0.3, 0.4) is 0 Å². The zero-order chi connectivity index (χ0) is 18.1. The number of hydrogen-bond donors (Lipinski definition) is 0. The second kappa shape index (κ2) is 7.17. The first-order chi connectivity index (χ1) is 12.7. The van der Waals surface area contributed by atoms with Crippen LogP contribution in [0.2, 0.25) is 0 Å². The summed E-state index contributed by atoms with van der Waals surface area (Å²) in [6.07, 6.45) is 0. The summed E-state index contributed by atoms with van der Waals surface area (Å²) in [4.78, 5) is 19.1. The highest BCUT2D eigenvalue weighted by molar-refractivity contribution is 8.00. The average molecular weight is 386 g/mol. The van der Waals surface area contributed by atoms with Gasteiger partial charge in [0.1, 0.15) is 16.9 Å². The number of anilines is 1.